The van der Waals surface area contributed by atoms with E-state index in [1.165, 1.54) is 6.07 Å². The summed E-state index contributed by atoms with van der Waals surface area (Å²) in [5.74, 6) is 0. The molecule has 0 spiro atoms. The van der Waals surface area contributed by atoms with Gasteiger partial charge in [0.2, 0.25) is 0 Å². The second-order valence-corrected chi connectivity index (χ2v) is 4.97. The quantitative estimate of drug-likeness (QED) is 0.650. The molecule has 0 saturated heterocycles. The van der Waals surface area contributed by atoms with Crippen LogP contribution >= 0.6 is 0 Å². The minimum Gasteiger partial charge on any atom is -0.389 e. The number of rotatable bonds is 6. The van der Waals surface area contributed by atoms with Gasteiger partial charge in [-0.3, -0.25) is 10.1 Å². The maximum absolute atomic E-state index is 11.0. The largest absolute Gasteiger partial charge is 0.389 e. The van der Waals surface area contributed by atoms with Crippen LogP contribution in [-0.4, -0.2) is 33.4 Å². The Balaban J connectivity index is 2.19. The van der Waals surface area contributed by atoms with Gasteiger partial charge in [0.05, 0.1) is 41.2 Å². The maximum atomic E-state index is 11.0. The Morgan fingerprint density at radius 3 is 2.80 bits per heavy atom. The molecule has 0 radical (unpaired) electrons. The van der Waals surface area contributed by atoms with Crippen molar-refractivity contribution in [1.82, 2.24) is 4.57 Å². The van der Waals surface area contributed by atoms with Crippen molar-refractivity contribution < 1.29 is 14.8 Å². The number of benzene rings is 1. The fraction of sp³-hybridized carbons (Fsp3) is 0.429. The lowest BCUT2D eigenvalue weighted by molar-refractivity contribution is -0.383. The highest BCUT2D eigenvalue weighted by Crippen LogP contribution is 2.26. The molecule has 2 aromatic rings. The second-order valence-electron chi connectivity index (χ2n) is 4.97. The molecule has 1 N–H and O–H groups in total. The predicted octanol–water partition coefficient (Wildman–Crippen LogP) is 2.34. The number of non-ortho nitro benzene ring substituents is 1. The monoisotopic (exact) mass is 278 g/mol. The Morgan fingerprint density at radius 1 is 1.40 bits per heavy atom. The number of nitro groups is 1. The molecule has 1 aromatic carbocycles. The highest BCUT2D eigenvalue weighted by molar-refractivity contribution is 5.89. The van der Waals surface area contributed by atoms with Gasteiger partial charge in [0.15, 0.2) is 0 Å². The van der Waals surface area contributed by atoms with Crippen LogP contribution in [0.3, 0.4) is 0 Å². The van der Waals surface area contributed by atoms with E-state index >= 15 is 0 Å². The third kappa shape index (κ3) is 3.15. The van der Waals surface area contributed by atoms with Crippen molar-refractivity contribution in [2.45, 2.75) is 32.6 Å². The smallest absolute Gasteiger partial charge is 0.278 e. The SMILES string of the molecule is CC(C)OC[C@H](O)Cn1ccc2c([N+](=O)[O-])cccc21. The molecule has 6 heteroatoms. The summed E-state index contributed by atoms with van der Waals surface area (Å²) in [7, 11) is 0. The first-order valence-electron chi connectivity index (χ1n) is 6.51. The lowest BCUT2D eigenvalue weighted by Crippen LogP contribution is -2.23. The Hall–Kier alpha value is -1.92. The van der Waals surface area contributed by atoms with Gasteiger partial charge in [-0.25, -0.2) is 0 Å². The van der Waals surface area contributed by atoms with Crippen molar-refractivity contribution in [2.75, 3.05) is 6.61 Å². The first-order chi connectivity index (χ1) is 9.49. The number of aliphatic hydroxyl groups is 1. The number of hydrogen-bond acceptors (Lipinski definition) is 4. The van der Waals surface area contributed by atoms with Gasteiger partial charge in [-0.2, -0.15) is 0 Å². The zero-order valence-electron chi connectivity index (χ0n) is 11.5. The van der Waals surface area contributed by atoms with Crippen molar-refractivity contribution >= 4 is 16.6 Å². The van der Waals surface area contributed by atoms with Gasteiger partial charge in [0.25, 0.3) is 5.69 Å². The molecule has 0 amide bonds. The summed E-state index contributed by atoms with van der Waals surface area (Å²) in [6, 6.07) is 6.63. The minimum absolute atomic E-state index is 0.0622. The zero-order valence-corrected chi connectivity index (χ0v) is 11.5. The van der Waals surface area contributed by atoms with Gasteiger partial charge in [0, 0.05) is 12.3 Å². The zero-order chi connectivity index (χ0) is 14.7. The first-order valence-corrected chi connectivity index (χ1v) is 6.51. The van der Waals surface area contributed by atoms with Crippen LogP contribution < -0.4 is 0 Å². The molecular formula is C14H18N2O4. The van der Waals surface area contributed by atoms with E-state index in [1.54, 1.807) is 29.0 Å². The molecule has 0 aliphatic rings. The Morgan fingerprint density at radius 2 is 2.15 bits per heavy atom. The van der Waals surface area contributed by atoms with Gasteiger partial charge in [0.1, 0.15) is 0 Å². The first kappa shape index (κ1) is 14.5. The summed E-state index contributed by atoms with van der Waals surface area (Å²) in [5.41, 5.74) is 0.817. The number of hydrogen-bond donors (Lipinski definition) is 1. The van der Waals surface area contributed by atoms with E-state index in [0.29, 0.717) is 11.9 Å². The summed E-state index contributed by atoms with van der Waals surface area (Å²) in [6.07, 6.45) is 1.16. The maximum Gasteiger partial charge on any atom is 0.278 e. The van der Waals surface area contributed by atoms with Crippen molar-refractivity contribution in [3.63, 3.8) is 0 Å². The molecule has 108 valence electrons. The van der Waals surface area contributed by atoms with Crippen LogP contribution in [0.25, 0.3) is 10.9 Å². The Labute approximate surface area is 116 Å². The van der Waals surface area contributed by atoms with E-state index in [4.69, 9.17) is 4.74 Å². The van der Waals surface area contributed by atoms with Gasteiger partial charge in [-0.1, -0.05) is 6.07 Å². The molecule has 0 unspecified atom stereocenters. The van der Waals surface area contributed by atoms with E-state index < -0.39 is 11.0 Å². The number of fused-ring (bicyclic) bond motifs is 1. The molecule has 0 saturated carbocycles. The number of nitro benzene ring substituents is 1. The van der Waals surface area contributed by atoms with E-state index in [-0.39, 0.29) is 18.4 Å². The third-order valence-corrected chi connectivity index (χ3v) is 3.02. The summed E-state index contributed by atoms with van der Waals surface area (Å²) < 4.78 is 7.16. The molecule has 0 fully saturated rings. The van der Waals surface area contributed by atoms with E-state index in [1.807, 2.05) is 13.8 Å². The number of aliphatic hydroxyl groups excluding tert-OH is 1. The predicted molar refractivity (Wildman–Crippen MR) is 75.7 cm³/mol. The van der Waals surface area contributed by atoms with Crippen molar-refractivity contribution in [3.8, 4) is 0 Å². The highest BCUT2D eigenvalue weighted by Gasteiger charge is 2.15. The summed E-state index contributed by atoms with van der Waals surface area (Å²) >= 11 is 0. The molecule has 1 heterocycles. The molecule has 2 rings (SSSR count). The molecule has 6 nitrogen and oxygen atoms in total. The molecule has 0 bridgehead atoms. The molecule has 0 aliphatic heterocycles. The van der Waals surface area contributed by atoms with Crippen LogP contribution in [0.4, 0.5) is 5.69 Å². The summed E-state index contributed by atoms with van der Waals surface area (Å²) in [5, 5.41) is 21.5. The Kier molecular flexibility index (Phi) is 4.36. The van der Waals surface area contributed by atoms with Crippen molar-refractivity contribution in [2.24, 2.45) is 0 Å². The lowest BCUT2D eigenvalue weighted by Gasteiger charge is -2.14. The average molecular weight is 278 g/mol. The molecule has 1 aromatic heterocycles. The number of nitrogens with zero attached hydrogens (tertiary/aromatic N) is 2. The Bertz CT molecular complexity index is 606. The van der Waals surface area contributed by atoms with Crippen LogP contribution in [0.15, 0.2) is 30.5 Å². The van der Waals surface area contributed by atoms with Crippen molar-refractivity contribution in [3.05, 3.63) is 40.6 Å². The van der Waals surface area contributed by atoms with Gasteiger partial charge >= 0.3 is 0 Å². The van der Waals surface area contributed by atoms with Crippen molar-refractivity contribution in [1.29, 1.82) is 0 Å². The molecule has 20 heavy (non-hydrogen) atoms. The second kappa shape index (κ2) is 6.02. The fourth-order valence-corrected chi connectivity index (χ4v) is 2.11. The topological polar surface area (TPSA) is 77.5 Å². The average Bonchev–Trinajstić information content (AvgIpc) is 2.79. The molecular weight excluding hydrogens is 260 g/mol. The van der Waals surface area contributed by atoms with Crippen LogP contribution in [0.1, 0.15) is 13.8 Å². The third-order valence-electron chi connectivity index (χ3n) is 3.02. The number of ether oxygens (including phenoxy) is 1. The highest BCUT2D eigenvalue weighted by atomic mass is 16.6. The van der Waals surface area contributed by atoms with Crippen LogP contribution in [0, 0.1) is 10.1 Å². The van der Waals surface area contributed by atoms with E-state index in [2.05, 4.69) is 0 Å². The number of aromatic nitrogens is 1. The van der Waals surface area contributed by atoms with E-state index in [9.17, 15) is 15.2 Å². The normalized spacial score (nSPS) is 13.0. The van der Waals surface area contributed by atoms with Gasteiger partial charge < -0.3 is 14.4 Å². The van der Waals surface area contributed by atoms with Crippen LogP contribution in [-0.2, 0) is 11.3 Å². The van der Waals surface area contributed by atoms with Crippen LogP contribution in [0.5, 0.6) is 0 Å². The van der Waals surface area contributed by atoms with Gasteiger partial charge in [-0.05, 0) is 26.0 Å². The standard InChI is InChI=1S/C14H18N2O4/c1-10(2)20-9-11(17)8-15-7-6-12-13(15)4-3-5-14(12)16(18)19/h3-7,10-11,17H,8-9H2,1-2H3/t11-/m1/s1. The summed E-state index contributed by atoms with van der Waals surface area (Å²) in [4.78, 5) is 10.6. The van der Waals surface area contributed by atoms with Gasteiger partial charge in [-0.15, -0.1) is 0 Å². The van der Waals surface area contributed by atoms with E-state index in [0.717, 1.165) is 5.52 Å². The summed E-state index contributed by atoms with van der Waals surface area (Å²) in [6.45, 7) is 4.39. The van der Waals surface area contributed by atoms with Crippen LogP contribution in [0.2, 0.25) is 0 Å². The molecule has 0 aliphatic carbocycles. The minimum atomic E-state index is -0.646. The lowest BCUT2D eigenvalue weighted by atomic mass is 10.2. The molecule has 1 atom stereocenters. The fourth-order valence-electron chi connectivity index (χ4n) is 2.11.